The summed E-state index contributed by atoms with van der Waals surface area (Å²) in [6.45, 7) is -2.95. The Hall–Kier alpha value is -3.26. The number of halogens is 2. The van der Waals surface area contributed by atoms with E-state index in [1.54, 1.807) is 42.6 Å². The number of nitriles is 1. The number of pyridine rings is 1. The van der Waals surface area contributed by atoms with Gasteiger partial charge in [0.05, 0.1) is 11.3 Å². The number of nitrogens with zero attached hydrogens (tertiary/aromatic N) is 2. The number of benzene rings is 2. The van der Waals surface area contributed by atoms with Crippen LogP contribution in [0.5, 0.6) is 5.75 Å². The normalized spacial score (nSPS) is 11.5. The molecule has 0 atom stereocenters. The molecule has 0 fully saturated rings. The Labute approximate surface area is 137 Å². The first kappa shape index (κ1) is 15.6. The smallest absolute Gasteiger partial charge is 0.387 e. The van der Waals surface area contributed by atoms with Crippen molar-refractivity contribution < 1.29 is 13.5 Å². The summed E-state index contributed by atoms with van der Waals surface area (Å²) in [5, 5.41) is 11.0. The van der Waals surface area contributed by atoms with Crippen LogP contribution in [0.3, 0.4) is 0 Å². The van der Waals surface area contributed by atoms with E-state index in [1.165, 1.54) is 12.1 Å². The summed E-state index contributed by atoms with van der Waals surface area (Å²) in [5.41, 5.74) is 1.16. The second kappa shape index (κ2) is 6.88. The lowest BCUT2D eigenvalue weighted by molar-refractivity contribution is -0.0498. The number of rotatable bonds is 4. The first-order chi connectivity index (χ1) is 11.7. The summed E-state index contributed by atoms with van der Waals surface area (Å²) >= 11 is 0. The summed E-state index contributed by atoms with van der Waals surface area (Å²) < 4.78 is 30.1. The summed E-state index contributed by atoms with van der Waals surface area (Å²) in [7, 11) is 0. The lowest BCUT2D eigenvalue weighted by Gasteiger charge is -2.11. The Morgan fingerprint density at radius 3 is 2.58 bits per heavy atom. The Kier molecular flexibility index (Phi) is 4.48. The molecule has 2 aromatic carbocycles. The van der Waals surface area contributed by atoms with Gasteiger partial charge in [-0.3, -0.25) is 4.98 Å². The van der Waals surface area contributed by atoms with Crippen LogP contribution in [0.1, 0.15) is 11.3 Å². The van der Waals surface area contributed by atoms with Crippen LogP contribution in [-0.4, -0.2) is 11.6 Å². The Bertz CT molecular complexity index is 931. The molecule has 1 aromatic heterocycles. The number of hydrogen-bond acceptors (Lipinski definition) is 3. The van der Waals surface area contributed by atoms with Crippen molar-refractivity contribution in [1.82, 2.24) is 4.98 Å². The third kappa shape index (κ3) is 3.23. The summed E-state index contributed by atoms with van der Waals surface area (Å²) in [6, 6.07) is 17.8. The van der Waals surface area contributed by atoms with Crippen LogP contribution >= 0.6 is 0 Å². The first-order valence-electron chi connectivity index (χ1n) is 7.19. The Morgan fingerprint density at radius 2 is 1.88 bits per heavy atom. The van der Waals surface area contributed by atoms with Gasteiger partial charge in [-0.2, -0.15) is 14.0 Å². The molecule has 0 radical (unpaired) electrons. The molecular formula is C19H12F2N2O. The molecule has 0 N–H and O–H groups in total. The van der Waals surface area contributed by atoms with E-state index in [9.17, 15) is 14.0 Å². The van der Waals surface area contributed by atoms with Gasteiger partial charge in [0.25, 0.3) is 0 Å². The SMILES string of the molecule is N#C/C(=C\c1c(OC(F)F)ccc2ccccc12)c1ccccn1. The number of alkyl halides is 2. The van der Waals surface area contributed by atoms with Crippen LogP contribution in [0.25, 0.3) is 22.4 Å². The number of aromatic nitrogens is 1. The molecule has 24 heavy (non-hydrogen) atoms. The minimum atomic E-state index is -2.95. The molecule has 0 saturated carbocycles. The van der Waals surface area contributed by atoms with E-state index >= 15 is 0 Å². The zero-order chi connectivity index (χ0) is 16.9. The molecule has 1 heterocycles. The van der Waals surface area contributed by atoms with Gasteiger partial charge in [0.2, 0.25) is 0 Å². The van der Waals surface area contributed by atoms with E-state index in [1.807, 2.05) is 12.1 Å². The summed E-state index contributed by atoms with van der Waals surface area (Å²) in [5.74, 6) is 0.0207. The van der Waals surface area contributed by atoms with Crippen molar-refractivity contribution in [3.63, 3.8) is 0 Å². The second-order valence-electron chi connectivity index (χ2n) is 4.96. The number of allylic oxidation sites excluding steroid dienone is 1. The van der Waals surface area contributed by atoms with Crippen LogP contribution < -0.4 is 4.74 Å². The molecule has 5 heteroatoms. The highest BCUT2D eigenvalue weighted by molar-refractivity contribution is 5.99. The van der Waals surface area contributed by atoms with Crippen molar-refractivity contribution in [2.75, 3.05) is 0 Å². The van der Waals surface area contributed by atoms with Gasteiger partial charge in [-0.25, -0.2) is 0 Å². The fraction of sp³-hybridized carbons (Fsp3) is 0.0526. The predicted molar refractivity (Wildman–Crippen MR) is 88.3 cm³/mol. The van der Waals surface area contributed by atoms with Crippen LogP contribution in [0, 0.1) is 11.3 Å². The third-order valence-electron chi connectivity index (χ3n) is 3.50. The van der Waals surface area contributed by atoms with E-state index < -0.39 is 6.61 Å². The van der Waals surface area contributed by atoms with Crippen molar-refractivity contribution in [1.29, 1.82) is 5.26 Å². The minimum Gasteiger partial charge on any atom is -0.434 e. The van der Waals surface area contributed by atoms with Gasteiger partial charge in [0, 0.05) is 11.8 Å². The van der Waals surface area contributed by atoms with Crippen molar-refractivity contribution in [2.45, 2.75) is 6.61 Å². The molecule has 3 rings (SSSR count). The maximum Gasteiger partial charge on any atom is 0.387 e. The quantitative estimate of drug-likeness (QED) is 0.642. The molecule has 0 amide bonds. The number of ether oxygens (including phenoxy) is 1. The fourth-order valence-electron chi connectivity index (χ4n) is 2.45. The lowest BCUT2D eigenvalue weighted by atomic mass is 10.0. The minimum absolute atomic E-state index is 0.0207. The van der Waals surface area contributed by atoms with Gasteiger partial charge in [0.1, 0.15) is 11.8 Å². The van der Waals surface area contributed by atoms with E-state index in [4.69, 9.17) is 0 Å². The molecule has 0 aliphatic carbocycles. The van der Waals surface area contributed by atoms with Gasteiger partial charge in [-0.15, -0.1) is 0 Å². The molecule has 0 aliphatic heterocycles. The van der Waals surface area contributed by atoms with Gasteiger partial charge in [0.15, 0.2) is 0 Å². The second-order valence-corrected chi connectivity index (χ2v) is 4.96. The van der Waals surface area contributed by atoms with Crippen LogP contribution in [-0.2, 0) is 0 Å². The lowest BCUT2D eigenvalue weighted by Crippen LogP contribution is -2.03. The van der Waals surface area contributed by atoms with Crippen molar-refractivity contribution >= 4 is 22.4 Å². The molecule has 0 unspecified atom stereocenters. The summed E-state index contributed by atoms with van der Waals surface area (Å²) in [4.78, 5) is 4.14. The molecule has 0 aliphatic rings. The maximum atomic E-state index is 12.7. The molecule has 3 aromatic rings. The predicted octanol–water partition coefficient (Wildman–Crippen LogP) is 4.90. The highest BCUT2D eigenvalue weighted by atomic mass is 19.3. The number of fused-ring (bicyclic) bond motifs is 1. The molecule has 3 nitrogen and oxygen atoms in total. The van der Waals surface area contributed by atoms with Crippen LogP contribution in [0.2, 0.25) is 0 Å². The Balaban J connectivity index is 2.22. The van der Waals surface area contributed by atoms with Crippen molar-refractivity contribution in [3.05, 3.63) is 72.1 Å². The first-order valence-corrected chi connectivity index (χ1v) is 7.19. The topological polar surface area (TPSA) is 45.9 Å². The summed E-state index contributed by atoms with van der Waals surface area (Å²) in [6.07, 6.45) is 3.10. The van der Waals surface area contributed by atoms with Crippen LogP contribution in [0.15, 0.2) is 60.8 Å². The van der Waals surface area contributed by atoms with E-state index in [0.29, 0.717) is 11.3 Å². The highest BCUT2D eigenvalue weighted by Gasteiger charge is 2.13. The monoisotopic (exact) mass is 322 g/mol. The average molecular weight is 322 g/mol. The fourth-order valence-corrected chi connectivity index (χ4v) is 2.45. The Morgan fingerprint density at radius 1 is 1.08 bits per heavy atom. The van der Waals surface area contributed by atoms with E-state index in [0.717, 1.165) is 10.8 Å². The molecule has 0 bridgehead atoms. The average Bonchev–Trinajstić information content (AvgIpc) is 2.61. The highest BCUT2D eigenvalue weighted by Crippen LogP contribution is 2.32. The molecule has 118 valence electrons. The maximum absolute atomic E-state index is 12.7. The van der Waals surface area contributed by atoms with Gasteiger partial charge in [-0.05, 0) is 35.0 Å². The van der Waals surface area contributed by atoms with Crippen molar-refractivity contribution in [3.8, 4) is 11.8 Å². The molecular weight excluding hydrogens is 310 g/mol. The molecule has 0 spiro atoms. The molecule has 0 saturated heterocycles. The van der Waals surface area contributed by atoms with E-state index in [2.05, 4.69) is 15.8 Å². The third-order valence-corrected chi connectivity index (χ3v) is 3.50. The zero-order valence-corrected chi connectivity index (χ0v) is 12.5. The van der Waals surface area contributed by atoms with Gasteiger partial charge < -0.3 is 4.74 Å². The standard InChI is InChI=1S/C19H12F2N2O/c20-19(21)24-18-9-8-13-5-1-2-6-15(13)16(18)11-14(12-22)17-7-3-4-10-23-17/h1-11,19H/b14-11+. The van der Waals surface area contributed by atoms with E-state index in [-0.39, 0.29) is 11.3 Å². The van der Waals surface area contributed by atoms with Gasteiger partial charge >= 0.3 is 6.61 Å². The number of hydrogen-bond donors (Lipinski definition) is 0. The van der Waals surface area contributed by atoms with Gasteiger partial charge in [-0.1, -0.05) is 36.4 Å². The van der Waals surface area contributed by atoms with Crippen molar-refractivity contribution in [2.24, 2.45) is 0 Å². The zero-order valence-electron chi connectivity index (χ0n) is 12.5. The largest absolute Gasteiger partial charge is 0.434 e. The van der Waals surface area contributed by atoms with Crippen LogP contribution in [0.4, 0.5) is 8.78 Å².